The third kappa shape index (κ3) is 6.09. The SMILES string of the molecule is CCc1cc(CCNc2nccc(-c3cccc(CN4C[C@H](C)NC[C@@H]4C)c3)n2)ccc1O. The number of piperazine rings is 1. The van der Waals surface area contributed by atoms with Gasteiger partial charge in [-0.25, -0.2) is 9.97 Å². The van der Waals surface area contributed by atoms with E-state index in [-0.39, 0.29) is 0 Å². The van der Waals surface area contributed by atoms with Gasteiger partial charge in [0.15, 0.2) is 0 Å². The Morgan fingerprint density at radius 3 is 2.85 bits per heavy atom. The Kier molecular flexibility index (Phi) is 7.57. The molecule has 0 spiro atoms. The number of hydrogen-bond donors (Lipinski definition) is 3. The first kappa shape index (κ1) is 23.2. The van der Waals surface area contributed by atoms with Crippen LogP contribution in [0.3, 0.4) is 0 Å². The van der Waals surface area contributed by atoms with Crippen molar-refractivity contribution in [3.05, 3.63) is 71.4 Å². The lowest BCUT2D eigenvalue weighted by Gasteiger charge is -2.37. The number of aryl methyl sites for hydroxylation is 1. The average molecular weight is 446 g/mol. The van der Waals surface area contributed by atoms with E-state index in [0.717, 1.165) is 55.8 Å². The minimum atomic E-state index is 0.369. The van der Waals surface area contributed by atoms with Gasteiger partial charge in [0.2, 0.25) is 5.95 Å². The fourth-order valence-corrected chi connectivity index (χ4v) is 4.38. The fraction of sp³-hybridized carbons (Fsp3) is 0.407. The summed E-state index contributed by atoms with van der Waals surface area (Å²) in [5, 5.41) is 16.8. The highest BCUT2D eigenvalue weighted by Gasteiger charge is 2.22. The molecule has 1 fully saturated rings. The Bertz CT molecular complexity index is 1070. The second kappa shape index (κ2) is 10.8. The third-order valence-electron chi connectivity index (χ3n) is 6.38. The van der Waals surface area contributed by atoms with Crippen LogP contribution in [-0.2, 0) is 19.4 Å². The molecule has 6 nitrogen and oxygen atoms in total. The number of nitrogens with one attached hydrogen (secondary N) is 2. The van der Waals surface area contributed by atoms with E-state index in [0.29, 0.717) is 23.8 Å². The van der Waals surface area contributed by atoms with Crippen LogP contribution < -0.4 is 10.6 Å². The van der Waals surface area contributed by atoms with Crippen molar-refractivity contribution in [1.29, 1.82) is 0 Å². The van der Waals surface area contributed by atoms with Crippen molar-refractivity contribution >= 4 is 5.95 Å². The Balaban J connectivity index is 1.39. The number of aromatic hydroxyl groups is 1. The monoisotopic (exact) mass is 445 g/mol. The number of hydrogen-bond acceptors (Lipinski definition) is 6. The molecule has 1 saturated heterocycles. The summed E-state index contributed by atoms with van der Waals surface area (Å²) >= 11 is 0. The second-order valence-corrected chi connectivity index (χ2v) is 9.05. The Morgan fingerprint density at radius 2 is 2.00 bits per heavy atom. The number of aromatic nitrogens is 2. The normalized spacial score (nSPS) is 18.9. The van der Waals surface area contributed by atoms with Gasteiger partial charge in [-0.05, 0) is 61.6 Å². The molecule has 1 aliphatic heterocycles. The number of nitrogens with zero attached hydrogens (tertiary/aromatic N) is 3. The third-order valence-corrected chi connectivity index (χ3v) is 6.38. The molecule has 33 heavy (non-hydrogen) atoms. The summed E-state index contributed by atoms with van der Waals surface area (Å²) in [6.45, 7) is 10.4. The van der Waals surface area contributed by atoms with Gasteiger partial charge in [-0.2, -0.15) is 0 Å². The van der Waals surface area contributed by atoms with E-state index in [1.165, 1.54) is 11.1 Å². The lowest BCUT2D eigenvalue weighted by molar-refractivity contribution is 0.139. The van der Waals surface area contributed by atoms with E-state index in [9.17, 15) is 5.11 Å². The van der Waals surface area contributed by atoms with E-state index in [4.69, 9.17) is 4.98 Å². The van der Waals surface area contributed by atoms with Crippen molar-refractivity contribution in [2.45, 2.75) is 52.2 Å². The highest BCUT2D eigenvalue weighted by molar-refractivity contribution is 5.61. The molecular weight excluding hydrogens is 410 g/mol. The van der Waals surface area contributed by atoms with Gasteiger partial charge in [0.25, 0.3) is 0 Å². The summed E-state index contributed by atoms with van der Waals surface area (Å²) in [4.78, 5) is 11.7. The zero-order valence-corrected chi connectivity index (χ0v) is 19.9. The zero-order valence-electron chi connectivity index (χ0n) is 19.9. The van der Waals surface area contributed by atoms with Crippen molar-refractivity contribution < 1.29 is 5.11 Å². The number of rotatable bonds is 8. The molecule has 3 aromatic rings. The lowest BCUT2D eigenvalue weighted by Crippen LogP contribution is -2.53. The fourth-order valence-electron chi connectivity index (χ4n) is 4.38. The highest BCUT2D eigenvalue weighted by Crippen LogP contribution is 2.22. The summed E-state index contributed by atoms with van der Waals surface area (Å²) in [6.07, 6.45) is 3.48. The molecule has 0 amide bonds. The maximum atomic E-state index is 9.87. The van der Waals surface area contributed by atoms with Gasteiger partial charge < -0.3 is 15.7 Å². The van der Waals surface area contributed by atoms with Gasteiger partial charge in [0.05, 0.1) is 5.69 Å². The Hall–Kier alpha value is -2.96. The van der Waals surface area contributed by atoms with Gasteiger partial charge in [-0.1, -0.05) is 37.3 Å². The maximum absolute atomic E-state index is 9.87. The van der Waals surface area contributed by atoms with Crippen LogP contribution in [0.25, 0.3) is 11.3 Å². The standard InChI is InChI=1S/C27H35N5O/c1-4-23-14-21(8-9-26(23)33)10-12-28-27-29-13-11-25(31-27)24-7-5-6-22(15-24)18-32-17-19(2)30-16-20(32)3/h5-9,11,13-15,19-20,30,33H,4,10,12,16-18H2,1-3H3,(H,28,29,31)/t19-,20-/m0/s1. The summed E-state index contributed by atoms with van der Waals surface area (Å²) in [5.41, 5.74) is 5.52. The first-order chi connectivity index (χ1) is 16.0. The van der Waals surface area contributed by atoms with Gasteiger partial charge in [0, 0.05) is 50.0 Å². The molecule has 0 aliphatic carbocycles. The number of phenolic OH excluding ortho intramolecular Hbond substituents is 1. The number of anilines is 1. The summed E-state index contributed by atoms with van der Waals surface area (Å²) < 4.78 is 0. The van der Waals surface area contributed by atoms with Crippen molar-refractivity contribution in [3.8, 4) is 17.0 Å². The molecular formula is C27H35N5O. The summed E-state index contributed by atoms with van der Waals surface area (Å²) in [6, 6.07) is 17.5. The molecule has 0 saturated carbocycles. The Labute approximate surface area is 197 Å². The molecule has 0 bridgehead atoms. The van der Waals surface area contributed by atoms with Crippen LogP contribution in [-0.4, -0.2) is 51.7 Å². The minimum absolute atomic E-state index is 0.369. The predicted octanol–water partition coefficient (Wildman–Crippen LogP) is 4.25. The smallest absolute Gasteiger partial charge is 0.223 e. The lowest BCUT2D eigenvalue weighted by atomic mass is 10.1. The molecule has 174 valence electrons. The molecule has 0 radical (unpaired) electrons. The van der Waals surface area contributed by atoms with Crippen LogP contribution in [0.4, 0.5) is 5.95 Å². The Morgan fingerprint density at radius 1 is 1.12 bits per heavy atom. The molecule has 1 aliphatic rings. The zero-order chi connectivity index (χ0) is 23.2. The van der Waals surface area contributed by atoms with Crippen LogP contribution in [0, 0.1) is 0 Å². The first-order valence-electron chi connectivity index (χ1n) is 12.0. The van der Waals surface area contributed by atoms with Crippen LogP contribution in [0.5, 0.6) is 5.75 Å². The number of phenols is 1. The molecule has 2 aromatic carbocycles. The quantitative estimate of drug-likeness (QED) is 0.481. The molecule has 0 unspecified atom stereocenters. The van der Waals surface area contributed by atoms with Crippen LogP contribution >= 0.6 is 0 Å². The summed E-state index contributed by atoms with van der Waals surface area (Å²) in [5.74, 6) is 1.00. The molecule has 6 heteroatoms. The molecule has 2 heterocycles. The maximum Gasteiger partial charge on any atom is 0.223 e. The van der Waals surface area contributed by atoms with Crippen molar-refractivity contribution in [1.82, 2.24) is 20.2 Å². The van der Waals surface area contributed by atoms with E-state index in [1.54, 1.807) is 6.07 Å². The summed E-state index contributed by atoms with van der Waals surface area (Å²) in [7, 11) is 0. The molecule has 2 atom stereocenters. The van der Waals surface area contributed by atoms with Gasteiger partial charge in [-0.3, -0.25) is 4.90 Å². The highest BCUT2D eigenvalue weighted by atomic mass is 16.3. The van der Waals surface area contributed by atoms with Crippen molar-refractivity contribution in [2.24, 2.45) is 0 Å². The topological polar surface area (TPSA) is 73.3 Å². The number of benzene rings is 2. The molecule has 4 rings (SSSR count). The molecule has 1 aromatic heterocycles. The largest absolute Gasteiger partial charge is 0.508 e. The van der Waals surface area contributed by atoms with Gasteiger partial charge in [0.1, 0.15) is 5.75 Å². The van der Waals surface area contributed by atoms with E-state index < -0.39 is 0 Å². The van der Waals surface area contributed by atoms with E-state index >= 15 is 0 Å². The van der Waals surface area contributed by atoms with Crippen LogP contribution in [0.15, 0.2) is 54.7 Å². The van der Waals surface area contributed by atoms with Gasteiger partial charge in [-0.15, -0.1) is 0 Å². The van der Waals surface area contributed by atoms with Crippen LogP contribution in [0.2, 0.25) is 0 Å². The average Bonchev–Trinajstić information content (AvgIpc) is 2.83. The minimum Gasteiger partial charge on any atom is -0.508 e. The molecule has 3 N–H and O–H groups in total. The first-order valence-corrected chi connectivity index (χ1v) is 12.0. The van der Waals surface area contributed by atoms with E-state index in [2.05, 4.69) is 71.6 Å². The second-order valence-electron chi connectivity index (χ2n) is 9.05. The predicted molar refractivity (Wildman–Crippen MR) is 134 cm³/mol. The van der Waals surface area contributed by atoms with Crippen molar-refractivity contribution in [3.63, 3.8) is 0 Å². The van der Waals surface area contributed by atoms with Crippen molar-refractivity contribution in [2.75, 3.05) is 25.0 Å². The van der Waals surface area contributed by atoms with Crippen LogP contribution in [0.1, 0.15) is 37.5 Å². The van der Waals surface area contributed by atoms with E-state index in [1.807, 2.05) is 18.3 Å². The van der Waals surface area contributed by atoms with Gasteiger partial charge >= 0.3 is 0 Å².